The number of carbonyl (C=O) groups excluding carboxylic acids is 1. The van der Waals surface area contributed by atoms with Gasteiger partial charge >= 0.3 is 0 Å². The van der Waals surface area contributed by atoms with Gasteiger partial charge in [-0.1, -0.05) is 41.4 Å². The van der Waals surface area contributed by atoms with Gasteiger partial charge in [0.1, 0.15) is 0 Å². The number of benzene rings is 2. The zero-order valence-electron chi connectivity index (χ0n) is 15.3. The average molecular weight is 391 g/mol. The van der Waals surface area contributed by atoms with E-state index in [2.05, 4.69) is 36.9 Å². The van der Waals surface area contributed by atoms with E-state index in [1.807, 2.05) is 4.90 Å². The molecule has 2 aromatic carbocycles. The SMILES string of the molecule is Cc1ccc(CN2CCCN(C(=O)c3ccc(Cl)c(Cl)c3)CC2)cc1C. The topological polar surface area (TPSA) is 23.6 Å². The molecule has 1 amide bonds. The van der Waals surface area contributed by atoms with Crippen LogP contribution in [0.15, 0.2) is 36.4 Å². The van der Waals surface area contributed by atoms with Crippen LogP contribution in [0.5, 0.6) is 0 Å². The van der Waals surface area contributed by atoms with Crippen molar-refractivity contribution in [3.05, 3.63) is 68.7 Å². The van der Waals surface area contributed by atoms with Crippen molar-refractivity contribution >= 4 is 29.1 Å². The first-order valence-corrected chi connectivity index (χ1v) is 9.72. The van der Waals surface area contributed by atoms with E-state index in [1.54, 1.807) is 18.2 Å². The molecular weight excluding hydrogens is 367 g/mol. The van der Waals surface area contributed by atoms with Crippen LogP contribution in [0.1, 0.15) is 33.5 Å². The Morgan fingerprint density at radius 2 is 1.73 bits per heavy atom. The highest BCUT2D eigenvalue weighted by molar-refractivity contribution is 6.42. The van der Waals surface area contributed by atoms with Crippen molar-refractivity contribution in [2.75, 3.05) is 26.2 Å². The first-order valence-electron chi connectivity index (χ1n) is 8.97. The first-order chi connectivity index (χ1) is 12.4. The molecule has 1 heterocycles. The zero-order chi connectivity index (χ0) is 18.7. The molecule has 0 bridgehead atoms. The third-order valence-corrected chi connectivity index (χ3v) is 5.76. The van der Waals surface area contributed by atoms with Crippen molar-refractivity contribution in [2.45, 2.75) is 26.8 Å². The second kappa shape index (κ2) is 8.43. The third-order valence-electron chi connectivity index (χ3n) is 5.02. The van der Waals surface area contributed by atoms with E-state index in [9.17, 15) is 4.79 Å². The highest BCUT2D eigenvalue weighted by Crippen LogP contribution is 2.23. The molecule has 0 spiro atoms. The molecule has 1 saturated heterocycles. The largest absolute Gasteiger partial charge is 0.337 e. The average Bonchev–Trinajstić information content (AvgIpc) is 2.85. The molecule has 1 aliphatic heterocycles. The minimum Gasteiger partial charge on any atom is -0.337 e. The molecule has 138 valence electrons. The van der Waals surface area contributed by atoms with Crippen molar-refractivity contribution in [3.63, 3.8) is 0 Å². The fraction of sp³-hybridized carbons (Fsp3) is 0.381. The van der Waals surface area contributed by atoms with Crippen molar-refractivity contribution < 1.29 is 4.79 Å². The molecule has 1 aliphatic rings. The summed E-state index contributed by atoms with van der Waals surface area (Å²) in [5.41, 5.74) is 4.58. The minimum atomic E-state index is 0.0246. The molecule has 0 aromatic heterocycles. The Kier molecular flexibility index (Phi) is 6.23. The Hall–Kier alpha value is -1.55. The van der Waals surface area contributed by atoms with Crippen LogP contribution in [-0.2, 0) is 6.54 Å². The summed E-state index contributed by atoms with van der Waals surface area (Å²) < 4.78 is 0. The van der Waals surface area contributed by atoms with Crippen molar-refractivity contribution in [1.82, 2.24) is 9.80 Å². The highest BCUT2D eigenvalue weighted by atomic mass is 35.5. The Bertz CT molecular complexity index is 807. The molecule has 26 heavy (non-hydrogen) atoms. The molecule has 0 unspecified atom stereocenters. The molecular formula is C21H24Cl2N2O. The number of amides is 1. The van der Waals surface area contributed by atoms with Gasteiger partial charge in [-0.15, -0.1) is 0 Å². The maximum absolute atomic E-state index is 12.8. The summed E-state index contributed by atoms with van der Waals surface area (Å²) in [5.74, 6) is 0.0246. The lowest BCUT2D eigenvalue weighted by Gasteiger charge is -2.22. The van der Waals surface area contributed by atoms with E-state index in [1.165, 1.54) is 16.7 Å². The van der Waals surface area contributed by atoms with Crippen LogP contribution >= 0.6 is 23.2 Å². The van der Waals surface area contributed by atoms with Crippen molar-refractivity contribution in [1.29, 1.82) is 0 Å². The Balaban J connectivity index is 1.63. The van der Waals surface area contributed by atoms with E-state index in [0.29, 0.717) is 15.6 Å². The Labute approximate surface area is 165 Å². The van der Waals surface area contributed by atoms with Crippen LogP contribution in [0.25, 0.3) is 0 Å². The van der Waals surface area contributed by atoms with Gasteiger partial charge in [0, 0.05) is 38.3 Å². The lowest BCUT2D eigenvalue weighted by Crippen LogP contribution is -2.35. The maximum atomic E-state index is 12.8. The van der Waals surface area contributed by atoms with Crippen LogP contribution in [0, 0.1) is 13.8 Å². The van der Waals surface area contributed by atoms with Crippen molar-refractivity contribution in [3.8, 4) is 0 Å². The summed E-state index contributed by atoms with van der Waals surface area (Å²) in [5, 5.41) is 0.891. The van der Waals surface area contributed by atoms with Gasteiger partial charge in [-0.3, -0.25) is 9.69 Å². The quantitative estimate of drug-likeness (QED) is 0.739. The standard InChI is InChI=1S/C21H24Cl2N2O/c1-15-4-5-17(12-16(15)2)14-24-8-3-9-25(11-10-24)21(26)18-6-7-19(22)20(23)13-18/h4-7,12-13H,3,8-11,14H2,1-2H3. The first kappa shape index (κ1) is 19.2. The summed E-state index contributed by atoms with van der Waals surface area (Å²) in [4.78, 5) is 17.1. The molecule has 5 heteroatoms. The Morgan fingerprint density at radius 1 is 0.923 bits per heavy atom. The molecule has 3 rings (SSSR count). The van der Waals surface area contributed by atoms with Crippen LogP contribution in [-0.4, -0.2) is 41.9 Å². The smallest absolute Gasteiger partial charge is 0.253 e. The second-order valence-corrected chi connectivity index (χ2v) is 7.78. The number of hydrogen-bond acceptors (Lipinski definition) is 2. The summed E-state index contributed by atoms with van der Waals surface area (Å²) in [7, 11) is 0. The van der Waals surface area contributed by atoms with Gasteiger partial charge in [-0.25, -0.2) is 0 Å². The number of hydrogen-bond donors (Lipinski definition) is 0. The normalized spacial score (nSPS) is 15.8. The lowest BCUT2D eigenvalue weighted by molar-refractivity contribution is 0.0761. The fourth-order valence-electron chi connectivity index (χ4n) is 3.30. The molecule has 0 aliphatic carbocycles. The molecule has 0 atom stereocenters. The minimum absolute atomic E-state index is 0.0246. The number of halogens is 2. The summed E-state index contributed by atoms with van der Waals surface area (Å²) in [6.07, 6.45) is 0.970. The summed E-state index contributed by atoms with van der Waals surface area (Å²) in [6.45, 7) is 8.58. The summed E-state index contributed by atoms with van der Waals surface area (Å²) in [6, 6.07) is 11.7. The lowest BCUT2D eigenvalue weighted by atomic mass is 10.1. The fourth-order valence-corrected chi connectivity index (χ4v) is 3.60. The van der Waals surface area contributed by atoms with E-state index in [0.717, 1.165) is 39.1 Å². The van der Waals surface area contributed by atoms with E-state index in [-0.39, 0.29) is 5.91 Å². The van der Waals surface area contributed by atoms with Crippen LogP contribution < -0.4 is 0 Å². The van der Waals surface area contributed by atoms with Gasteiger partial charge in [0.15, 0.2) is 0 Å². The molecule has 0 saturated carbocycles. The van der Waals surface area contributed by atoms with Crippen molar-refractivity contribution in [2.24, 2.45) is 0 Å². The number of nitrogens with zero attached hydrogens (tertiary/aromatic N) is 2. The number of rotatable bonds is 3. The zero-order valence-corrected chi connectivity index (χ0v) is 16.8. The van der Waals surface area contributed by atoms with Gasteiger partial charge in [0.05, 0.1) is 10.0 Å². The molecule has 3 nitrogen and oxygen atoms in total. The predicted molar refractivity (Wildman–Crippen MR) is 108 cm³/mol. The maximum Gasteiger partial charge on any atom is 0.253 e. The number of carbonyl (C=O) groups is 1. The monoisotopic (exact) mass is 390 g/mol. The van der Waals surface area contributed by atoms with Gasteiger partial charge in [0.2, 0.25) is 0 Å². The Morgan fingerprint density at radius 3 is 2.46 bits per heavy atom. The van der Waals surface area contributed by atoms with Crippen LogP contribution in [0.3, 0.4) is 0 Å². The second-order valence-electron chi connectivity index (χ2n) is 6.97. The van der Waals surface area contributed by atoms with Gasteiger partial charge in [-0.05, 0) is 55.2 Å². The van der Waals surface area contributed by atoms with E-state index < -0.39 is 0 Å². The number of aryl methyl sites for hydroxylation is 2. The highest BCUT2D eigenvalue weighted by Gasteiger charge is 2.21. The van der Waals surface area contributed by atoms with Crippen LogP contribution in [0.4, 0.5) is 0 Å². The molecule has 0 radical (unpaired) electrons. The van der Waals surface area contributed by atoms with Gasteiger partial charge < -0.3 is 4.90 Å². The third kappa shape index (κ3) is 4.59. The molecule has 1 fully saturated rings. The summed E-state index contributed by atoms with van der Waals surface area (Å²) >= 11 is 12.0. The van der Waals surface area contributed by atoms with E-state index >= 15 is 0 Å². The van der Waals surface area contributed by atoms with Gasteiger partial charge in [0.25, 0.3) is 5.91 Å². The van der Waals surface area contributed by atoms with E-state index in [4.69, 9.17) is 23.2 Å². The molecule has 2 aromatic rings. The van der Waals surface area contributed by atoms with Crippen LogP contribution in [0.2, 0.25) is 10.0 Å². The predicted octanol–water partition coefficient (Wildman–Crippen LogP) is 4.96. The molecule has 0 N–H and O–H groups in total. The van der Waals surface area contributed by atoms with Gasteiger partial charge in [-0.2, -0.15) is 0 Å².